The van der Waals surface area contributed by atoms with Crippen molar-refractivity contribution in [3.05, 3.63) is 47.9 Å². The van der Waals surface area contributed by atoms with E-state index in [9.17, 15) is 5.11 Å². The first-order valence-electron chi connectivity index (χ1n) is 13.5. The fourth-order valence-electron chi connectivity index (χ4n) is 5.17. The van der Waals surface area contributed by atoms with Crippen LogP contribution in [-0.2, 0) is 5.72 Å². The zero-order chi connectivity index (χ0) is 26.3. The number of aromatic nitrogens is 2. The Morgan fingerprint density at radius 1 is 1.11 bits per heavy atom. The van der Waals surface area contributed by atoms with Gasteiger partial charge in [-0.1, -0.05) is 44.7 Å². The van der Waals surface area contributed by atoms with Gasteiger partial charge in [0.05, 0.1) is 0 Å². The molecule has 0 spiro atoms. The average Bonchev–Trinajstić information content (AvgIpc) is 2.83. The Balaban J connectivity index is 2.04. The SMILES string of the molecule is CCCCC(=N/C=C(\C)c1ccc(-c2cnc(N)nc2)cc1C(C)(O)NC(C)(C)C)C1CCCCC1. The van der Waals surface area contributed by atoms with Crippen LogP contribution in [0.5, 0.6) is 0 Å². The summed E-state index contributed by atoms with van der Waals surface area (Å²) >= 11 is 0. The summed E-state index contributed by atoms with van der Waals surface area (Å²) in [6.45, 7) is 12.3. The van der Waals surface area contributed by atoms with Crippen molar-refractivity contribution in [1.29, 1.82) is 0 Å². The molecule has 4 N–H and O–H groups in total. The van der Waals surface area contributed by atoms with Crippen LogP contribution in [0.2, 0.25) is 0 Å². The van der Waals surface area contributed by atoms with E-state index in [2.05, 4.69) is 56.0 Å². The molecule has 36 heavy (non-hydrogen) atoms. The van der Waals surface area contributed by atoms with Gasteiger partial charge in [0.25, 0.3) is 0 Å². The minimum Gasteiger partial charge on any atom is -0.372 e. The summed E-state index contributed by atoms with van der Waals surface area (Å²) in [5.74, 6) is 0.845. The fourth-order valence-corrected chi connectivity index (χ4v) is 5.17. The number of nitrogens with two attached hydrogens (primary N) is 1. The molecule has 0 bridgehead atoms. The lowest BCUT2D eigenvalue weighted by atomic mass is 9.84. The van der Waals surface area contributed by atoms with Gasteiger partial charge in [-0.05, 0) is 89.0 Å². The number of nitrogens with zero attached hydrogens (tertiary/aromatic N) is 3. The molecule has 6 nitrogen and oxygen atoms in total. The number of hydrogen-bond acceptors (Lipinski definition) is 6. The maximum Gasteiger partial charge on any atom is 0.219 e. The summed E-state index contributed by atoms with van der Waals surface area (Å²) in [7, 11) is 0. The lowest BCUT2D eigenvalue weighted by molar-refractivity contribution is -0.00436. The van der Waals surface area contributed by atoms with Gasteiger partial charge in [-0.15, -0.1) is 0 Å². The Hall–Kier alpha value is -2.57. The zero-order valence-electron chi connectivity index (χ0n) is 23.1. The maximum absolute atomic E-state index is 11.6. The van der Waals surface area contributed by atoms with Gasteiger partial charge in [0.1, 0.15) is 5.72 Å². The topological polar surface area (TPSA) is 96.4 Å². The summed E-state index contributed by atoms with van der Waals surface area (Å²) in [5.41, 5.74) is 10.1. The Kier molecular flexibility index (Phi) is 9.42. The number of aliphatic hydroxyl groups is 1. The third-order valence-corrected chi connectivity index (χ3v) is 6.88. The quantitative estimate of drug-likeness (QED) is 0.263. The normalized spacial score (nSPS) is 17.8. The van der Waals surface area contributed by atoms with Crippen molar-refractivity contribution in [3.8, 4) is 11.1 Å². The summed E-state index contributed by atoms with van der Waals surface area (Å²) in [6, 6.07) is 6.12. The minimum absolute atomic E-state index is 0.241. The molecule has 1 aromatic carbocycles. The van der Waals surface area contributed by atoms with E-state index in [4.69, 9.17) is 10.7 Å². The first-order chi connectivity index (χ1) is 17.0. The first-order valence-corrected chi connectivity index (χ1v) is 13.5. The van der Waals surface area contributed by atoms with Crippen LogP contribution in [0.3, 0.4) is 0 Å². The predicted molar refractivity (Wildman–Crippen MR) is 152 cm³/mol. The van der Waals surface area contributed by atoms with Crippen molar-refractivity contribution in [2.24, 2.45) is 10.9 Å². The van der Waals surface area contributed by atoms with Crippen LogP contribution < -0.4 is 11.1 Å². The van der Waals surface area contributed by atoms with Gasteiger partial charge in [-0.25, -0.2) is 9.97 Å². The van der Waals surface area contributed by atoms with Crippen LogP contribution in [0.15, 0.2) is 41.8 Å². The molecule has 1 aromatic heterocycles. The first kappa shape index (κ1) is 28.0. The highest BCUT2D eigenvalue weighted by Gasteiger charge is 2.31. The third-order valence-electron chi connectivity index (χ3n) is 6.88. The standard InChI is InChI=1S/C30H45N5O/c1-7-8-14-27(22-12-10-9-11-13-22)32-18-21(2)25-16-15-23(24-19-33-28(31)34-20-24)17-26(25)30(6,36)35-29(3,4)5/h15-20,22,35-36H,7-14H2,1-6H3,(H2,31,33,34)/b21-18+,32-27?. The van der Waals surface area contributed by atoms with Crippen molar-refractivity contribution in [1.82, 2.24) is 15.3 Å². The van der Waals surface area contributed by atoms with Crippen LogP contribution in [0.25, 0.3) is 16.7 Å². The van der Waals surface area contributed by atoms with Gasteiger partial charge >= 0.3 is 0 Å². The van der Waals surface area contributed by atoms with Crippen LogP contribution in [0.4, 0.5) is 5.95 Å². The summed E-state index contributed by atoms with van der Waals surface area (Å²) < 4.78 is 0. The third kappa shape index (κ3) is 7.71. The molecule has 2 aromatic rings. The largest absolute Gasteiger partial charge is 0.372 e. The van der Waals surface area contributed by atoms with Gasteiger partial charge in [0.15, 0.2) is 0 Å². The van der Waals surface area contributed by atoms with Gasteiger partial charge in [-0.3, -0.25) is 10.3 Å². The Morgan fingerprint density at radius 2 is 1.78 bits per heavy atom. The number of unbranched alkanes of at least 4 members (excludes halogenated alkanes) is 1. The highest BCUT2D eigenvalue weighted by molar-refractivity contribution is 5.88. The molecule has 1 aliphatic carbocycles. The van der Waals surface area contributed by atoms with Gasteiger partial charge in [0.2, 0.25) is 5.95 Å². The molecule has 196 valence electrons. The van der Waals surface area contributed by atoms with E-state index < -0.39 is 5.72 Å². The van der Waals surface area contributed by atoms with E-state index in [0.717, 1.165) is 34.2 Å². The number of nitrogen functional groups attached to an aromatic ring is 1. The number of nitrogens with one attached hydrogen (secondary N) is 1. The molecule has 1 heterocycles. The maximum atomic E-state index is 11.6. The van der Waals surface area contributed by atoms with E-state index in [1.54, 1.807) is 12.4 Å². The van der Waals surface area contributed by atoms with Crippen molar-refractivity contribution in [2.45, 2.75) is 104 Å². The number of allylic oxidation sites excluding steroid dienone is 1. The highest BCUT2D eigenvalue weighted by Crippen LogP contribution is 2.33. The molecule has 0 amide bonds. The summed E-state index contributed by atoms with van der Waals surface area (Å²) in [5, 5.41) is 15.0. The summed E-state index contributed by atoms with van der Waals surface area (Å²) in [6.07, 6.45) is 15.3. The Labute approximate surface area is 217 Å². The zero-order valence-corrected chi connectivity index (χ0v) is 23.1. The van der Waals surface area contributed by atoms with Crippen LogP contribution in [0.1, 0.15) is 104 Å². The van der Waals surface area contributed by atoms with Gasteiger partial charge in [-0.2, -0.15) is 0 Å². The van der Waals surface area contributed by atoms with E-state index in [-0.39, 0.29) is 11.5 Å². The van der Waals surface area contributed by atoms with Crippen molar-refractivity contribution < 1.29 is 5.11 Å². The van der Waals surface area contributed by atoms with Crippen molar-refractivity contribution >= 4 is 17.2 Å². The molecule has 3 rings (SSSR count). The van der Waals surface area contributed by atoms with E-state index in [0.29, 0.717) is 5.92 Å². The second-order valence-electron chi connectivity index (χ2n) is 11.4. The molecule has 1 saturated carbocycles. The number of aliphatic imine (C=N–C) groups is 1. The molecule has 1 atom stereocenters. The average molecular weight is 492 g/mol. The molecule has 0 aliphatic heterocycles. The lowest BCUT2D eigenvalue weighted by Gasteiger charge is -2.35. The van der Waals surface area contributed by atoms with Crippen LogP contribution >= 0.6 is 0 Å². The Morgan fingerprint density at radius 3 is 2.39 bits per heavy atom. The molecule has 0 radical (unpaired) electrons. The van der Waals surface area contributed by atoms with Crippen LogP contribution in [0, 0.1) is 5.92 Å². The smallest absolute Gasteiger partial charge is 0.219 e. The number of hydrogen-bond donors (Lipinski definition) is 3. The summed E-state index contributed by atoms with van der Waals surface area (Å²) in [4.78, 5) is 13.4. The molecular formula is C30H45N5O. The Bertz CT molecular complexity index is 1060. The van der Waals surface area contributed by atoms with E-state index in [1.807, 2.05) is 25.3 Å². The molecule has 1 fully saturated rings. The monoisotopic (exact) mass is 491 g/mol. The highest BCUT2D eigenvalue weighted by atomic mass is 16.3. The second-order valence-corrected chi connectivity index (χ2v) is 11.4. The van der Waals surface area contributed by atoms with E-state index >= 15 is 0 Å². The van der Waals surface area contributed by atoms with Crippen LogP contribution in [-0.4, -0.2) is 26.3 Å². The molecule has 1 aliphatic rings. The molecule has 6 heteroatoms. The molecular weight excluding hydrogens is 446 g/mol. The minimum atomic E-state index is -1.26. The van der Waals surface area contributed by atoms with Gasteiger partial charge < -0.3 is 10.8 Å². The second kappa shape index (κ2) is 12.1. The molecule has 1 unspecified atom stereocenters. The number of benzene rings is 1. The molecule has 0 saturated heterocycles. The predicted octanol–water partition coefficient (Wildman–Crippen LogP) is 6.85. The number of anilines is 1. The van der Waals surface area contributed by atoms with Crippen molar-refractivity contribution in [2.75, 3.05) is 5.73 Å². The lowest BCUT2D eigenvalue weighted by Crippen LogP contribution is -2.50. The van der Waals surface area contributed by atoms with E-state index in [1.165, 1.54) is 50.7 Å². The van der Waals surface area contributed by atoms with Gasteiger partial charge in [0, 0.05) is 41.0 Å². The fraction of sp³-hybridized carbons (Fsp3) is 0.567. The number of rotatable bonds is 9. The van der Waals surface area contributed by atoms with Crippen molar-refractivity contribution in [3.63, 3.8) is 0 Å².